The molecule has 3 aromatic rings. The lowest BCUT2D eigenvalue weighted by Crippen LogP contribution is -2.28. The van der Waals surface area contributed by atoms with Gasteiger partial charge in [-0.15, -0.1) is 0 Å². The van der Waals surface area contributed by atoms with Crippen molar-refractivity contribution in [1.82, 2.24) is 0 Å². The Morgan fingerprint density at radius 2 is 1.36 bits per heavy atom. The Bertz CT molecular complexity index is 900. The molecule has 122 valence electrons. The summed E-state index contributed by atoms with van der Waals surface area (Å²) in [5, 5.41) is 21.1. The summed E-state index contributed by atoms with van der Waals surface area (Å²) in [5.41, 5.74) is 1.76. The quantitative estimate of drug-likeness (QED) is 0.506. The molecule has 0 aromatic heterocycles. The second-order valence-corrected chi connectivity index (χ2v) is 5.85. The number of hydrogen-bond donors (Lipinski definition) is 0. The third-order valence-electron chi connectivity index (χ3n) is 4.34. The molecule has 1 atom stereocenters. The molecule has 0 aliphatic carbocycles. The van der Waals surface area contributed by atoms with Gasteiger partial charge in [-0.25, -0.2) is 0 Å². The van der Waals surface area contributed by atoms with Gasteiger partial charge in [0, 0.05) is 12.1 Å². The standard InChI is InChI=1S/C21H16N2O2/c22-16-21(18-9-5-2-6-10-18,15-17-7-3-1-4-8-17)19-11-13-20(14-12-19)23(24)25/h1-14H,15H2/t21-/m0/s1. The summed E-state index contributed by atoms with van der Waals surface area (Å²) in [7, 11) is 0. The van der Waals surface area contributed by atoms with Crippen LogP contribution in [0.1, 0.15) is 16.7 Å². The molecule has 0 spiro atoms. The maximum Gasteiger partial charge on any atom is 0.269 e. The van der Waals surface area contributed by atoms with Crippen molar-refractivity contribution in [1.29, 1.82) is 5.26 Å². The molecular formula is C21H16N2O2. The van der Waals surface area contributed by atoms with Gasteiger partial charge in [0.15, 0.2) is 0 Å². The first kappa shape index (κ1) is 16.4. The van der Waals surface area contributed by atoms with E-state index in [1.807, 2.05) is 60.7 Å². The maximum atomic E-state index is 10.9. The van der Waals surface area contributed by atoms with Crippen LogP contribution in [0.25, 0.3) is 0 Å². The minimum Gasteiger partial charge on any atom is -0.258 e. The monoisotopic (exact) mass is 328 g/mol. The summed E-state index contributed by atoms with van der Waals surface area (Å²) in [4.78, 5) is 10.5. The highest BCUT2D eigenvalue weighted by atomic mass is 16.6. The Morgan fingerprint density at radius 1 is 0.840 bits per heavy atom. The van der Waals surface area contributed by atoms with Crippen molar-refractivity contribution in [3.63, 3.8) is 0 Å². The third kappa shape index (κ3) is 3.26. The number of nitrogens with zero attached hydrogens (tertiary/aromatic N) is 2. The molecule has 0 radical (unpaired) electrons. The lowest BCUT2D eigenvalue weighted by molar-refractivity contribution is -0.384. The van der Waals surface area contributed by atoms with Crippen LogP contribution in [0.5, 0.6) is 0 Å². The summed E-state index contributed by atoms with van der Waals surface area (Å²) in [6, 6.07) is 28.1. The van der Waals surface area contributed by atoms with Gasteiger partial charge in [-0.1, -0.05) is 72.8 Å². The fourth-order valence-corrected chi connectivity index (χ4v) is 3.03. The maximum absolute atomic E-state index is 10.9. The van der Waals surface area contributed by atoms with E-state index >= 15 is 0 Å². The zero-order valence-corrected chi connectivity index (χ0v) is 13.5. The number of benzene rings is 3. The first-order valence-electron chi connectivity index (χ1n) is 7.91. The van der Waals surface area contributed by atoms with Crippen LogP contribution in [0, 0.1) is 21.4 Å². The van der Waals surface area contributed by atoms with Crippen molar-refractivity contribution in [3.05, 3.63) is 112 Å². The molecule has 0 saturated heterocycles. The van der Waals surface area contributed by atoms with Crippen molar-refractivity contribution in [2.45, 2.75) is 11.8 Å². The number of rotatable bonds is 5. The van der Waals surface area contributed by atoms with E-state index in [0.717, 1.165) is 16.7 Å². The van der Waals surface area contributed by atoms with Crippen LogP contribution in [0.15, 0.2) is 84.9 Å². The summed E-state index contributed by atoms with van der Waals surface area (Å²) in [6.07, 6.45) is 0.492. The number of nitro groups is 1. The van der Waals surface area contributed by atoms with Crippen LogP contribution in [0.4, 0.5) is 5.69 Å². The number of nitro benzene ring substituents is 1. The van der Waals surface area contributed by atoms with Crippen LogP contribution in [0.3, 0.4) is 0 Å². The van der Waals surface area contributed by atoms with E-state index in [2.05, 4.69) is 6.07 Å². The van der Waals surface area contributed by atoms with E-state index in [1.54, 1.807) is 12.1 Å². The van der Waals surface area contributed by atoms with Gasteiger partial charge < -0.3 is 0 Å². The molecule has 0 heterocycles. The topological polar surface area (TPSA) is 66.9 Å². The van der Waals surface area contributed by atoms with Crippen molar-refractivity contribution >= 4 is 5.69 Å². The van der Waals surface area contributed by atoms with E-state index in [9.17, 15) is 15.4 Å². The number of nitriles is 1. The lowest BCUT2D eigenvalue weighted by Gasteiger charge is -2.28. The van der Waals surface area contributed by atoms with Crippen molar-refractivity contribution in [2.24, 2.45) is 0 Å². The molecule has 4 heteroatoms. The van der Waals surface area contributed by atoms with Crippen molar-refractivity contribution in [2.75, 3.05) is 0 Å². The predicted octanol–water partition coefficient (Wildman–Crippen LogP) is 4.65. The van der Waals surface area contributed by atoms with Crippen LogP contribution < -0.4 is 0 Å². The van der Waals surface area contributed by atoms with Crippen LogP contribution in [-0.4, -0.2) is 4.92 Å². The summed E-state index contributed by atoms with van der Waals surface area (Å²) >= 11 is 0. The zero-order chi connectivity index (χ0) is 17.7. The molecule has 0 saturated carbocycles. The highest BCUT2D eigenvalue weighted by molar-refractivity contribution is 5.50. The van der Waals surface area contributed by atoms with E-state index < -0.39 is 10.3 Å². The average Bonchev–Trinajstić information content (AvgIpc) is 2.68. The van der Waals surface area contributed by atoms with Gasteiger partial charge >= 0.3 is 0 Å². The van der Waals surface area contributed by atoms with Gasteiger partial charge in [-0.05, 0) is 23.1 Å². The molecule has 3 rings (SSSR count). The van der Waals surface area contributed by atoms with E-state index in [1.165, 1.54) is 12.1 Å². The predicted molar refractivity (Wildman–Crippen MR) is 96.1 cm³/mol. The van der Waals surface area contributed by atoms with Crippen molar-refractivity contribution < 1.29 is 4.92 Å². The first-order valence-corrected chi connectivity index (χ1v) is 7.91. The zero-order valence-electron chi connectivity index (χ0n) is 13.5. The van der Waals surface area contributed by atoms with Gasteiger partial charge in [0.2, 0.25) is 0 Å². The Morgan fingerprint density at radius 3 is 1.88 bits per heavy atom. The van der Waals surface area contributed by atoms with E-state index in [0.29, 0.717) is 6.42 Å². The van der Waals surface area contributed by atoms with Gasteiger partial charge in [-0.3, -0.25) is 10.1 Å². The molecule has 4 nitrogen and oxygen atoms in total. The van der Waals surface area contributed by atoms with Gasteiger partial charge in [0.25, 0.3) is 5.69 Å². The van der Waals surface area contributed by atoms with Crippen molar-refractivity contribution in [3.8, 4) is 6.07 Å². The van der Waals surface area contributed by atoms with E-state index in [4.69, 9.17) is 0 Å². The highest BCUT2D eigenvalue weighted by Gasteiger charge is 2.35. The molecule has 0 aliphatic heterocycles. The Labute approximate surface area is 146 Å². The summed E-state index contributed by atoms with van der Waals surface area (Å²) in [5.74, 6) is 0. The second-order valence-electron chi connectivity index (χ2n) is 5.85. The highest BCUT2D eigenvalue weighted by Crippen LogP contribution is 2.36. The molecule has 25 heavy (non-hydrogen) atoms. The number of hydrogen-bond acceptors (Lipinski definition) is 3. The largest absolute Gasteiger partial charge is 0.269 e. The molecule has 0 unspecified atom stereocenters. The average molecular weight is 328 g/mol. The summed E-state index contributed by atoms with van der Waals surface area (Å²) in [6.45, 7) is 0. The molecule has 0 aliphatic rings. The van der Waals surface area contributed by atoms with Crippen LogP contribution in [-0.2, 0) is 11.8 Å². The molecule has 3 aromatic carbocycles. The Balaban J connectivity index is 2.14. The van der Waals surface area contributed by atoms with E-state index in [-0.39, 0.29) is 5.69 Å². The second kappa shape index (κ2) is 6.98. The number of non-ortho nitro benzene ring substituents is 1. The smallest absolute Gasteiger partial charge is 0.258 e. The molecule has 0 bridgehead atoms. The molecule has 0 N–H and O–H groups in total. The fraction of sp³-hybridized carbons (Fsp3) is 0.0952. The van der Waals surface area contributed by atoms with Crippen LogP contribution in [0.2, 0.25) is 0 Å². The Hall–Kier alpha value is -3.45. The lowest BCUT2D eigenvalue weighted by atomic mass is 9.71. The van der Waals surface area contributed by atoms with Gasteiger partial charge in [0.05, 0.1) is 11.0 Å². The van der Waals surface area contributed by atoms with Crippen LogP contribution >= 0.6 is 0 Å². The SMILES string of the molecule is N#C[C@@](Cc1ccccc1)(c1ccccc1)c1ccc([N+](=O)[O-])cc1. The molecular weight excluding hydrogens is 312 g/mol. The summed E-state index contributed by atoms with van der Waals surface area (Å²) < 4.78 is 0. The molecule has 0 amide bonds. The Kier molecular flexibility index (Phi) is 4.58. The minimum atomic E-state index is -0.905. The van der Waals surface area contributed by atoms with Gasteiger partial charge in [0.1, 0.15) is 5.41 Å². The normalized spacial score (nSPS) is 12.8. The minimum absolute atomic E-state index is 0.0170. The fourth-order valence-electron chi connectivity index (χ4n) is 3.03. The first-order chi connectivity index (χ1) is 12.2. The molecule has 0 fully saturated rings. The third-order valence-corrected chi connectivity index (χ3v) is 4.34. The van der Waals surface area contributed by atoms with Gasteiger partial charge in [-0.2, -0.15) is 5.26 Å².